The topological polar surface area (TPSA) is 142 Å². The summed E-state index contributed by atoms with van der Waals surface area (Å²) in [6, 6.07) is 15.4. The predicted octanol–water partition coefficient (Wildman–Crippen LogP) is 4.22. The van der Waals surface area contributed by atoms with E-state index in [0.717, 1.165) is 28.2 Å². The molecule has 1 atom stereocenters. The monoisotopic (exact) mass is 604 g/mol. The number of carboxylic acids is 1. The van der Waals surface area contributed by atoms with E-state index in [9.17, 15) is 27.9 Å². The smallest absolute Gasteiger partial charge is 0.326 e. The fourth-order valence-corrected chi connectivity index (χ4v) is 6.44. The minimum atomic E-state index is -3.49. The quantitative estimate of drug-likeness (QED) is 0.254. The van der Waals surface area contributed by atoms with Crippen molar-refractivity contribution >= 4 is 61.0 Å². The maximum absolute atomic E-state index is 13.4. The SMILES string of the molecule is CS(=O)(=O)c1cccc(C[C@H](NC(=O)c2c(Cl)cc3c4c2ccn4CN(C(=O)c2ccc4cc[nH]c4c2)C3)C(=O)O)c1. The fourth-order valence-electron chi connectivity index (χ4n) is 5.43. The number of aromatic amines is 1. The number of hydrogen-bond donors (Lipinski definition) is 3. The van der Waals surface area contributed by atoms with E-state index in [2.05, 4.69) is 10.3 Å². The van der Waals surface area contributed by atoms with Gasteiger partial charge in [-0.2, -0.15) is 0 Å². The number of aromatic nitrogens is 2. The van der Waals surface area contributed by atoms with Crippen LogP contribution in [0.4, 0.5) is 0 Å². The van der Waals surface area contributed by atoms with Crippen LogP contribution in [0.2, 0.25) is 5.02 Å². The maximum atomic E-state index is 13.4. The Kier molecular flexibility index (Phi) is 6.78. The first-order valence-electron chi connectivity index (χ1n) is 13.0. The normalized spacial score (nSPS) is 13.8. The molecule has 214 valence electrons. The summed E-state index contributed by atoms with van der Waals surface area (Å²) in [5, 5.41) is 14.1. The molecule has 0 saturated heterocycles. The minimum absolute atomic E-state index is 0.0592. The van der Waals surface area contributed by atoms with Crippen LogP contribution in [0.5, 0.6) is 0 Å². The van der Waals surface area contributed by atoms with Gasteiger partial charge in [0.1, 0.15) is 6.04 Å². The van der Waals surface area contributed by atoms with Gasteiger partial charge >= 0.3 is 5.97 Å². The molecule has 12 heteroatoms. The van der Waals surface area contributed by atoms with E-state index in [1.165, 1.54) is 18.2 Å². The van der Waals surface area contributed by atoms with E-state index in [0.29, 0.717) is 16.5 Å². The molecule has 5 aromatic rings. The van der Waals surface area contributed by atoms with E-state index in [1.807, 2.05) is 29.0 Å². The number of amides is 2. The van der Waals surface area contributed by atoms with E-state index in [1.54, 1.807) is 35.4 Å². The molecule has 0 saturated carbocycles. The van der Waals surface area contributed by atoms with Crippen LogP contribution in [0.1, 0.15) is 31.8 Å². The molecule has 0 spiro atoms. The number of carboxylic acid groups (broad SMARTS) is 1. The van der Waals surface area contributed by atoms with Crippen LogP contribution >= 0.6 is 11.6 Å². The molecule has 2 amide bonds. The third kappa shape index (κ3) is 5.01. The average molecular weight is 605 g/mol. The van der Waals surface area contributed by atoms with E-state index in [-0.39, 0.29) is 41.0 Å². The lowest BCUT2D eigenvalue weighted by Crippen LogP contribution is -2.42. The third-order valence-electron chi connectivity index (χ3n) is 7.45. The molecule has 0 radical (unpaired) electrons. The number of benzene rings is 3. The van der Waals surface area contributed by atoms with Crippen LogP contribution in [-0.2, 0) is 34.3 Å². The molecular weight excluding hydrogens is 580 g/mol. The van der Waals surface area contributed by atoms with Crippen molar-refractivity contribution in [3.63, 3.8) is 0 Å². The fraction of sp³-hybridized carbons (Fsp3) is 0.167. The number of halogens is 1. The molecule has 0 fully saturated rings. The summed E-state index contributed by atoms with van der Waals surface area (Å²) in [6.45, 7) is 0.535. The van der Waals surface area contributed by atoms with Gasteiger partial charge in [-0.3, -0.25) is 9.59 Å². The predicted molar refractivity (Wildman–Crippen MR) is 157 cm³/mol. The third-order valence-corrected chi connectivity index (χ3v) is 8.86. The van der Waals surface area contributed by atoms with Gasteiger partial charge in [0.2, 0.25) is 0 Å². The van der Waals surface area contributed by atoms with Crippen LogP contribution in [0, 0.1) is 0 Å². The Bertz CT molecular complexity index is 2030. The van der Waals surface area contributed by atoms with E-state index >= 15 is 0 Å². The lowest BCUT2D eigenvalue weighted by Gasteiger charge is -2.29. The molecular formula is C30H25ClN4O6S. The van der Waals surface area contributed by atoms with Crippen molar-refractivity contribution in [3.05, 3.63) is 100 Å². The van der Waals surface area contributed by atoms with Crippen LogP contribution in [0.25, 0.3) is 21.8 Å². The Hall–Kier alpha value is -4.61. The molecule has 10 nitrogen and oxygen atoms in total. The second-order valence-electron chi connectivity index (χ2n) is 10.4. The molecule has 2 aromatic heterocycles. The van der Waals surface area contributed by atoms with Gasteiger partial charge in [0, 0.05) is 48.1 Å². The summed E-state index contributed by atoms with van der Waals surface area (Å²) in [5.41, 5.74) is 3.47. The largest absolute Gasteiger partial charge is 0.480 e. The van der Waals surface area contributed by atoms with E-state index < -0.39 is 27.8 Å². The van der Waals surface area contributed by atoms with Crippen molar-refractivity contribution in [3.8, 4) is 0 Å². The highest BCUT2D eigenvalue weighted by Gasteiger charge is 2.29. The Balaban J connectivity index is 1.26. The number of nitrogens with zero attached hydrogens (tertiary/aromatic N) is 2. The maximum Gasteiger partial charge on any atom is 0.326 e. The summed E-state index contributed by atoms with van der Waals surface area (Å²) in [7, 11) is -3.49. The summed E-state index contributed by atoms with van der Waals surface area (Å²) in [5.74, 6) is -2.10. The second-order valence-corrected chi connectivity index (χ2v) is 12.8. The zero-order valence-corrected chi connectivity index (χ0v) is 23.9. The molecule has 0 bridgehead atoms. The van der Waals surface area contributed by atoms with Crippen LogP contribution in [0.3, 0.4) is 0 Å². The number of rotatable bonds is 7. The average Bonchev–Trinajstić information content (AvgIpc) is 3.59. The number of sulfone groups is 1. The molecule has 1 aliphatic heterocycles. The summed E-state index contributed by atoms with van der Waals surface area (Å²) in [4.78, 5) is 43.8. The van der Waals surface area contributed by atoms with Crippen LogP contribution < -0.4 is 5.32 Å². The van der Waals surface area contributed by atoms with Crippen molar-refractivity contribution in [2.75, 3.05) is 6.26 Å². The van der Waals surface area contributed by atoms with Crippen molar-refractivity contribution in [1.29, 1.82) is 0 Å². The number of H-pyrrole nitrogens is 1. The minimum Gasteiger partial charge on any atom is -0.480 e. The first-order chi connectivity index (χ1) is 20.0. The molecule has 3 N–H and O–H groups in total. The number of carbonyl (C=O) groups is 3. The Morgan fingerprint density at radius 2 is 1.90 bits per heavy atom. The molecule has 0 unspecified atom stereocenters. The number of hydrogen-bond acceptors (Lipinski definition) is 5. The van der Waals surface area contributed by atoms with Gasteiger partial charge in [0.15, 0.2) is 9.84 Å². The Morgan fingerprint density at radius 3 is 2.67 bits per heavy atom. The number of aliphatic carboxylic acids is 1. The zero-order valence-electron chi connectivity index (χ0n) is 22.3. The van der Waals surface area contributed by atoms with Gasteiger partial charge in [-0.05, 0) is 59.0 Å². The standard InChI is InChI=1S/C30H25ClN4O6S/c1-42(40,41)21-4-2-3-17(11-21)12-25(30(38)39)33-28(36)26-22-8-10-34-16-35(15-20(27(22)34)13-23(26)31)29(37)19-6-5-18-7-9-32-24(18)14-19/h2-11,13-14,25,32H,12,15-16H2,1H3,(H,33,36)(H,38,39)/t25-/m0/s1. The molecule has 6 rings (SSSR count). The molecule has 42 heavy (non-hydrogen) atoms. The number of nitrogens with one attached hydrogen (secondary N) is 2. The zero-order chi connectivity index (χ0) is 29.8. The Labute approximate surface area is 245 Å². The second kappa shape index (κ2) is 10.3. The van der Waals surface area contributed by atoms with Crippen LogP contribution in [0.15, 0.2) is 78.0 Å². The van der Waals surface area contributed by atoms with Crippen molar-refractivity contribution in [2.24, 2.45) is 0 Å². The molecule has 3 heterocycles. The van der Waals surface area contributed by atoms with Gasteiger partial charge in [-0.15, -0.1) is 0 Å². The van der Waals surface area contributed by atoms with Gasteiger partial charge in [-0.1, -0.05) is 29.8 Å². The molecule has 3 aromatic carbocycles. The lowest BCUT2D eigenvalue weighted by molar-refractivity contribution is -0.139. The highest BCUT2D eigenvalue weighted by atomic mass is 35.5. The Morgan fingerprint density at radius 1 is 1.10 bits per heavy atom. The molecule has 0 aliphatic carbocycles. The van der Waals surface area contributed by atoms with E-state index in [4.69, 9.17) is 11.6 Å². The number of carbonyl (C=O) groups excluding carboxylic acids is 2. The molecule has 1 aliphatic rings. The first-order valence-corrected chi connectivity index (χ1v) is 15.3. The van der Waals surface area contributed by atoms with Crippen molar-refractivity contribution in [2.45, 2.75) is 30.6 Å². The highest BCUT2D eigenvalue weighted by Crippen LogP contribution is 2.34. The van der Waals surface area contributed by atoms with Gasteiger partial charge in [-0.25, -0.2) is 13.2 Å². The summed E-state index contributed by atoms with van der Waals surface area (Å²) in [6.07, 6.45) is 4.52. The summed E-state index contributed by atoms with van der Waals surface area (Å²) < 4.78 is 25.7. The highest BCUT2D eigenvalue weighted by molar-refractivity contribution is 7.90. The van der Waals surface area contributed by atoms with Gasteiger partial charge in [0.05, 0.1) is 27.7 Å². The van der Waals surface area contributed by atoms with Gasteiger partial charge < -0.3 is 24.9 Å². The van der Waals surface area contributed by atoms with Crippen molar-refractivity contribution < 1.29 is 27.9 Å². The van der Waals surface area contributed by atoms with Crippen molar-refractivity contribution in [1.82, 2.24) is 19.8 Å². The van der Waals surface area contributed by atoms with Crippen LogP contribution in [-0.4, -0.2) is 58.1 Å². The number of fused-ring (bicyclic) bond motifs is 1. The summed E-state index contributed by atoms with van der Waals surface area (Å²) >= 11 is 6.61. The van der Waals surface area contributed by atoms with Gasteiger partial charge in [0.25, 0.3) is 11.8 Å². The first kappa shape index (κ1) is 27.6. The lowest BCUT2D eigenvalue weighted by atomic mass is 10.0.